The molecule has 0 bridgehead atoms. The van der Waals surface area contributed by atoms with Crippen molar-refractivity contribution < 1.29 is 31.9 Å². The first-order chi connectivity index (χ1) is 16.8. The minimum atomic E-state index is -3.70. The van der Waals surface area contributed by atoms with E-state index < -0.39 is 21.9 Å². The summed E-state index contributed by atoms with van der Waals surface area (Å²) in [5, 5.41) is 3.92. The van der Waals surface area contributed by atoms with Gasteiger partial charge in [-0.25, -0.2) is 18.6 Å². The fourth-order valence-electron chi connectivity index (χ4n) is 3.13. The van der Waals surface area contributed by atoms with E-state index in [0.29, 0.717) is 18.7 Å². The van der Waals surface area contributed by atoms with E-state index in [4.69, 9.17) is 13.9 Å². The molecule has 0 aliphatic carbocycles. The molecule has 1 amide bonds. The van der Waals surface area contributed by atoms with Gasteiger partial charge in [-0.2, -0.15) is 9.41 Å². The van der Waals surface area contributed by atoms with Crippen LogP contribution in [0.3, 0.4) is 0 Å². The molecule has 3 rings (SSSR count). The number of rotatable bonds is 10. The molecule has 1 N–H and O–H groups in total. The zero-order valence-corrected chi connectivity index (χ0v) is 20.2. The second-order valence-corrected chi connectivity index (χ2v) is 9.03. The van der Waals surface area contributed by atoms with Gasteiger partial charge in [-0.15, -0.1) is 0 Å². The number of methoxy groups -OCH3 is 1. The van der Waals surface area contributed by atoms with Gasteiger partial charge < -0.3 is 13.9 Å². The van der Waals surface area contributed by atoms with Crippen LogP contribution >= 0.6 is 0 Å². The molecular weight excluding hydrogens is 474 g/mol. The summed E-state index contributed by atoms with van der Waals surface area (Å²) in [5.41, 5.74) is 3.07. The van der Waals surface area contributed by atoms with Crippen molar-refractivity contribution in [3.8, 4) is 11.5 Å². The zero-order valence-electron chi connectivity index (χ0n) is 19.4. The lowest BCUT2D eigenvalue weighted by molar-refractivity contribution is 0.0696. The average molecular weight is 500 g/mol. The number of nitrogens with zero attached hydrogens (tertiary/aromatic N) is 2. The molecular formula is C24H25N3O7S. The number of sulfonamides is 1. The topological polar surface area (TPSA) is 128 Å². The fourth-order valence-corrected chi connectivity index (χ4v) is 4.64. The number of carbonyl (C=O) groups excluding carboxylic acids is 2. The number of ether oxygens (including phenoxy) is 2. The molecule has 0 radical (unpaired) electrons. The Labute approximate surface area is 203 Å². The molecule has 10 nitrogen and oxygen atoms in total. The highest BCUT2D eigenvalue weighted by molar-refractivity contribution is 7.89. The number of hydrazone groups is 1. The van der Waals surface area contributed by atoms with E-state index in [1.165, 1.54) is 60.3 Å². The van der Waals surface area contributed by atoms with E-state index in [0.717, 1.165) is 0 Å². The Balaban J connectivity index is 1.69. The summed E-state index contributed by atoms with van der Waals surface area (Å²) in [7, 11) is -2.28. The highest BCUT2D eigenvalue weighted by atomic mass is 32.2. The van der Waals surface area contributed by atoms with Crippen molar-refractivity contribution in [1.29, 1.82) is 0 Å². The van der Waals surface area contributed by atoms with Crippen LogP contribution in [-0.2, 0) is 10.0 Å². The summed E-state index contributed by atoms with van der Waals surface area (Å²) in [6.45, 7) is 4.14. The minimum Gasteiger partial charge on any atom is -0.493 e. The summed E-state index contributed by atoms with van der Waals surface area (Å²) in [6, 6.07) is 13.5. The van der Waals surface area contributed by atoms with Gasteiger partial charge in [0.25, 0.3) is 5.91 Å². The van der Waals surface area contributed by atoms with Gasteiger partial charge >= 0.3 is 5.97 Å². The number of furan rings is 1. The van der Waals surface area contributed by atoms with Crippen LogP contribution in [0.5, 0.6) is 11.5 Å². The van der Waals surface area contributed by atoms with Crippen molar-refractivity contribution in [2.45, 2.75) is 18.7 Å². The Hall–Kier alpha value is -3.96. The molecule has 0 saturated heterocycles. The predicted octanol–water partition coefficient (Wildman–Crippen LogP) is 3.30. The second-order valence-electron chi connectivity index (χ2n) is 7.09. The van der Waals surface area contributed by atoms with Gasteiger partial charge in [-0.05, 0) is 54.1 Å². The molecule has 0 aliphatic heterocycles. The van der Waals surface area contributed by atoms with Crippen LogP contribution in [0.2, 0.25) is 0 Å². The lowest BCUT2D eigenvalue weighted by atomic mass is 10.2. The quantitative estimate of drug-likeness (QED) is 0.196. The highest BCUT2D eigenvalue weighted by Crippen LogP contribution is 2.28. The first kappa shape index (κ1) is 25.7. The van der Waals surface area contributed by atoms with E-state index in [-0.39, 0.29) is 27.7 Å². The number of nitrogens with one attached hydrogen (secondary N) is 1. The maximum atomic E-state index is 12.7. The maximum Gasteiger partial charge on any atom is 0.379 e. The maximum absolute atomic E-state index is 12.7. The fraction of sp³-hybridized carbons (Fsp3) is 0.208. The van der Waals surface area contributed by atoms with Crippen LogP contribution in [0.25, 0.3) is 0 Å². The predicted molar refractivity (Wildman–Crippen MR) is 128 cm³/mol. The van der Waals surface area contributed by atoms with Gasteiger partial charge in [-0.1, -0.05) is 19.9 Å². The Bertz CT molecular complexity index is 1310. The van der Waals surface area contributed by atoms with Gasteiger partial charge in [0.2, 0.25) is 15.8 Å². The molecule has 0 unspecified atom stereocenters. The molecule has 0 spiro atoms. The summed E-state index contributed by atoms with van der Waals surface area (Å²) in [6.07, 6.45) is 2.73. The third-order valence-electron chi connectivity index (χ3n) is 4.93. The number of hydrogen-bond donors (Lipinski definition) is 1. The first-order valence-electron chi connectivity index (χ1n) is 10.7. The lowest BCUT2D eigenvalue weighted by Gasteiger charge is -2.18. The standard InChI is InChI=1S/C24H25N3O7S/c1-4-27(5-2)35(30,31)19-9-6-8-18(15-19)23(28)26-25-16-17-11-12-20(22(14-17)32-3)34-24(29)21-10-7-13-33-21/h6-16H,4-5H2,1-3H3,(H,26,28)/b25-16+. The Morgan fingerprint density at radius 2 is 1.83 bits per heavy atom. The molecule has 1 aromatic heterocycles. The van der Waals surface area contributed by atoms with Crippen molar-refractivity contribution in [1.82, 2.24) is 9.73 Å². The molecule has 11 heteroatoms. The van der Waals surface area contributed by atoms with Crippen molar-refractivity contribution in [2.75, 3.05) is 20.2 Å². The third-order valence-corrected chi connectivity index (χ3v) is 6.98. The number of amides is 1. The smallest absolute Gasteiger partial charge is 0.379 e. The summed E-state index contributed by atoms with van der Waals surface area (Å²) in [4.78, 5) is 24.6. The van der Waals surface area contributed by atoms with Crippen LogP contribution in [0.1, 0.15) is 40.3 Å². The van der Waals surface area contributed by atoms with Crippen molar-refractivity contribution in [2.24, 2.45) is 5.10 Å². The average Bonchev–Trinajstić information content (AvgIpc) is 3.41. The van der Waals surface area contributed by atoms with Gasteiger partial charge in [0.05, 0.1) is 24.5 Å². The highest BCUT2D eigenvalue weighted by Gasteiger charge is 2.22. The van der Waals surface area contributed by atoms with E-state index in [9.17, 15) is 18.0 Å². The largest absolute Gasteiger partial charge is 0.493 e. The van der Waals surface area contributed by atoms with Gasteiger partial charge in [-0.3, -0.25) is 4.79 Å². The van der Waals surface area contributed by atoms with E-state index in [1.807, 2.05) is 0 Å². The van der Waals surface area contributed by atoms with Gasteiger partial charge in [0, 0.05) is 18.7 Å². The summed E-state index contributed by atoms with van der Waals surface area (Å²) >= 11 is 0. The molecule has 1 heterocycles. The molecule has 0 saturated carbocycles. The van der Waals surface area contributed by atoms with Gasteiger partial charge in [0.1, 0.15) is 0 Å². The zero-order chi connectivity index (χ0) is 25.4. The van der Waals surface area contributed by atoms with Crippen molar-refractivity contribution in [3.63, 3.8) is 0 Å². The summed E-state index contributed by atoms with van der Waals surface area (Å²) in [5.74, 6) is -0.744. The van der Waals surface area contributed by atoms with E-state index in [2.05, 4.69) is 10.5 Å². The van der Waals surface area contributed by atoms with Crippen LogP contribution in [0, 0.1) is 0 Å². The lowest BCUT2D eigenvalue weighted by Crippen LogP contribution is -2.30. The molecule has 184 valence electrons. The number of esters is 1. The monoisotopic (exact) mass is 499 g/mol. The summed E-state index contributed by atoms with van der Waals surface area (Å²) < 4.78 is 42.3. The molecule has 0 fully saturated rings. The molecule has 0 aliphatic rings. The van der Waals surface area contributed by atoms with Crippen molar-refractivity contribution >= 4 is 28.1 Å². The Morgan fingerprint density at radius 3 is 2.49 bits per heavy atom. The molecule has 2 aromatic carbocycles. The molecule has 35 heavy (non-hydrogen) atoms. The van der Waals surface area contributed by atoms with E-state index in [1.54, 1.807) is 32.0 Å². The molecule has 0 atom stereocenters. The third kappa shape index (κ3) is 6.14. The molecule has 3 aromatic rings. The Morgan fingerprint density at radius 1 is 1.06 bits per heavy atom. The second kappa shape index (κ2) is 11.4. The van der Waals surface area contributed by atoms with Crippen LogP contribution < -0.4 is 14.9 Å². The number of carbonyl (C=O) groups is 2. The van der Waals surface area contributed by atoms with Crippen LogP contribution in [-0.4, -0.2) is 51.0 Å². The van der Waals surface area contributed by atoms with Crippen LogP contribution in [0.15, 0.2) is 75.3 Å². The van der Waals surface area contributed by atoms with Gasteiger partial charge in [0.15, 0.2) is 11.5 Å². The first-order valence-corrected chi connectivity index (χ1v) is 12.1. The normalized spacial score (nSPS) is 11.5. The SMILES string of the molecule is CCN(CC)S(=O)(=O)c1cccc(C(=O)N/N=C/c2ccc(OC(=O)c3ccco3)c(OC)c2)c1. The number of hydrogen-bond acceptors (Lipinski definition) is 8. The number of benzene rings is 2. The minimum absolute atomic E-state index is 0.0299. The van der Waals surface area contributed by atoms with E-state index >= 15 is 0 Å². The Kier molecular flexibility index (Phi) is 8.39. The van der Waals surface area contributed by atoms with Crippen molar-refractivity contribution in [3.05, 3.63) is 77.7 Å². The van der Waals surface area contributed by atoms with Crippen LogP contribution in [0.4, 0.5) is 0 Å².